The van der Waals surface area contributed by atoms with Crippen molar-refractivity contribution < 1.29 is 9.53 Å². The van der Waals surface area contributed by atoms with Crippen molar-refractivity contribution in [2.24, 2.45) is 0 Å². The van der Waals surface area contributed by atoms with Gasteiger partial charge in [-0.2, -0.15) is 0 Å². The molecular formula is C17H15NO2S. The summed E-state index contributed by atoms with van der Waals surface area (Å²) in [4.78, 5) is 12.2. The third-order valence-electron chi connectivity index (χ3n) is 3.14. The summed E-state index contributed by atoms with van der Waals surface area (Å²) in [6, 6.07) is 15.1. The SMILES string of the molecule is CCOc1ccc(C(=O)Nc2ccc3sccc3c2)cc1. The van der Waals surface area contributed by atoms with Crippen molar-refractivity contribution in [1.29, 1.82) is 0 Å². The summed E-state index contributed by atoms with van der Waals surface area (Å²) in [5.74, 6) is 0.654. The van der Waals surface area contributed by atoms with Crippen LogP contribution in [0.5, 0.6) is 5.75 Å². The first-order valence-electron chi connectivity index (χ1n) is 6.78. The molecule has 3 rings (SSSR count). The molecule has 0 saturated heterocycles. The standard InChI is InChI=1S/C17H15NO2S/c1-2-20-15-6-3-12(4-7-15)17(19)18-14-5-8-16-13(11-14)9-10-21-16/h3-11H,2H2,1H3,(H,18,19). The number of fused-ring (bicyclic) bond motifs is 1. The Labute approximate surface area is 127 Å². The number of carbonyl (C=O) groups excluding carboxylic acids is 1. The van der Waals surface area contributed by atoms with Gasteiger partial charge >= 0.3 is 0 Å². The van der Waals surface area contributed by atoms with Gasteiger partial charge in [-0.25, -0.2) is 0 Å². The second-order valence-electron chi connectivity index (χ2n) is 4.58. The van der Waals surface area contributed by atoms with Crippen LogP contribution >= 0.6 is 11.3 Å². The molecule has 0 aliphatic heterocycles. The van der Waals surface area contributed by atoms with E-state index >= 15 is 0 Å². The number of carbonyl (C=O) groups is 1. The second-order valence-corrected chi connectivity index (χ2v) is 5.53. The predicted octanol–water partition coefficient (Wildman–Crippen LogP) is 4.55. The highest BCUT2D eigenvalue weighted by atomic mass is 32.1. The Morgan fingerprint density at radius 3 is 2.71 bits per heavy atom. The number of hydrogen-bond acceptors (Lipinski definition) is 3. The topological polar surface area (TPSA) is 38.3 Å². The zero-order chi connectivity index (χ0) is 14.7. The largest absolute Gasteiger partial charge is 0.494 e. The molecule has 0 bridgehead atoms. The first-order chi connectivity index (χ1) is 10.3. The fourth-order valence-electron chi connectivity index (χ4n) is 2.12. The molecule has 0 fully saturated rings. The van der Waals surface area contributed by atoms with Crippen LogP contribution in [0.25, 0.3) is 10.1 Å². The minimum Gasteiger partial charge on any atom is -0.494 e. The maximum Gasteiger partial charge on any atom is 0.255 e. The molecule has 0 atom stereocenters. The highest BCUT2D eigenvalue weighted by Gasteiger charge is 2.07. The Hall–Kier alpha value is -2.33. The summed E-state index contributed by atoms with van der Waals surface area (Å²) in [5.41, 5.74) is 1.42. The average molecular weight is 297 g/mol. The number of hydrogen-bond donors (Lipinski definition) is 1. The number of amides is 1. The van der Waals surface area contributed by atoms with Gasteiger partial charge in [-0.1, -0.05) is 0 Å². The minimum atomic E-state index is -0.118. The molecule has 0 aliphatic carbocycles. The summed E-state index contributed by atoms with van der Waals surface area (Å²) >= 11 is 1.69. The molecule has 4 heteroatoms. The lowest BCUT2D eigenvalue weighted by Crippen LogP contribution is -2.11. The maximum atomic E-state index is 12.2. The Bertz CT molecular complexity index is 762. The van der Waals surface area contributed by atoms with E-state index in [2.05, 4.69) is 5.32 Å². The van der Waals surface area contributed by atoms with Crippen LogP contribution in [0.4, 0.5) is 5.69 Å². The molecule has 0 spiro atoms. The normalized spacial score (nSPS) is 10.5. The van der Waals surface area contributed by atoms with Crippen LogP contribution in [0.1, 0.15) is 17.3 Å². The van der Waals surface area contributed by atoms with Crippen LogP contribution < -0.4 is 10.1 Å². The Kier molecular flexibility index (Phi) is 3.88. The predicted molar refractivity (Wildman–Crippen MR) is 87.4 cm³/mol. The molecule has 21 heavy (non-hydrogen) atoms. The van der Waals surface area contributed by atoms with Gasteiger partial charge in [0.25, 0.3) is 5.91 Å². The number of anilines is 1. The monoisotopic (exact) mass is 297 g/mol. The van der Waals surface area contributed by atoms with Gasteiger partial charge in [-0.05, 0) is 66.2 Å². The molecule has 0 radical (unpaired) electrons. The van der Waals surface area contributed by atoms with Crippen LogP contribution in [0.15, 0.2) is 53.9 Å². The van der Waals surface area contributed by atoms with Crippen molar-refractivity contribution >= 4 is 33.0 Å². The molecule has 3 aromatic rings. The van der Waals surface area contributed by atoms with Crippen LogP contribution in [-0.2, 0) is 0 Å². The smallest absolute Gasteiger partial charge is 0.255 e. The molecule has 2 aromatic carbocycles. The van der Waals surface area contributed by atoms with Gasteiger partial charge in [0.1, 0.15) is 5.75 Å². The van der Waals surface area contributed by atoms with Crippen molar-refractivity contribution in [1.82, 2.24) is 0 Å². The van der Waals surface area contributed by atoms with Gasteiger partial charge in [-0.15, -0.1) is 11.3 Å². The fraction of sp³-hybridized carbons (Fsp3) is 0.118. The maximum absolute atomic E-state index is 12.2. The van der Waals surface area contributed by atoms with Gasteiger partial charge in [0.2, 0.25) is 0 Å². The number of thiophene rings is 1. The van der Waals surface area contributed by atoms with E-state index in [0.29, 0.717) is 12.2 Å². The molecule has 1 amide bonds. The lowest BCUT2D eigenvalue weighted by atomic mass is 10.2. The van der Waals surface area contributed by atoms with Crippen LogP contribution in [0, 0.1) is 0 Å². The first-order valence-corrected chi connectivity index (χ1v) is 7.65. The molecular weight excluding hydrogens is 282 g/mol. The van der Waals surface area contributed by atoms with Crippen molar-refractivity contribution in [2.45, 2.75) is 6.92 Å². The molecule has 1 heterocycles. The Morgan fingerprint density at radius 1 is 1.14 bits per heavy atom. The molecule has 3 nitrogen and oxygen atoms in total. The highest BCUT2D eigenvalue weighted by molar-refractivity contribution is 7.17. The zero-order valence-electron chi connectivity index (χ0n) is 11.6. The van der Waals surface area contributed by atoms with Crippen LogP contribution in [0.2, 0.25) is 0 Å². The van der Waals surface area contributed by atoms with Crippen molar-refractivity contribution in [3.8, 4) is 5.75 Å². The lowest BCUT2D eigenvalue weighted by Gasteiger charge is -2.07. The van der Waals surface area contributed by atoms with Gasteiger partial charge in [0.15, 0.2) is 0 Å². The van der Waals surface area contributed by atoms with E-state index in [1.807, 2.05) is 36.6 Å². The number of nitrogens with one attached hydrogen (secondary N) is 1. The molecule has 0 saturated carbocycles. The lowest BCUT2D eigenvalue weighted by molar-refractivity contribution is 0.102. The number of benzene rings is 2. The Balaban J connectivity index is 1.75. The minimum absolute atomic E-state index is 0.118. The van der Waals surface area contributed by atoms with Crippen LogP contribution in [0.3, 0.4) is 0 Å². The van der Waals surface area contributed by atoms with Crippen molar-refractivity contribution in [3.63, 3.8) is 0 Å². The molecule has 1 aromatic heterocycles. The van der Waals surface area contributed by atoms with E-state index in [1.165, 1.54) is 4.70 Å². The van der Waals surface area contributed by atoms with Crippen molar-refractivity contribution in [2.75, 3.05) is 11.9 Å². The molecule has 1 N–H and O–H groups in total. The van der Waals surface area contributed by atoms with Gasteiger partial charge in [-0.3, -0.25) is 4.79 Å². The van der Waals surface area contributed by atoms with Gasteiger partial charge in [0, 0.05) is 16.0 Å². The van der Waals surface area contributed by atoms with Crippen LogP contribution in [-0.4, -0.2) is 12.5 Å². The van der Waals surface area contributed by atoms with E-state index < -0.39 is 0 Å². The highest BCUT2D eigenvalue weighted by Crippen LogP contribution is 2.24. The summed E-state index contributed by atoms with van der Waals surface area (Å²) in [5, 5.41) is 6.10. The van der Waals surface area contributed by atoms with E-state index in [0.717, 1.165) is 16.8 Å². The third-order valence-corrected chi connectivity index (χ3v) is 4.04. The van der Waals surface area contributed by atoms with Gasteiger partial charge < -0.3 is 10.1 Å². The van der Waals surface area contributed by atoms with E-state index in [4.69, 9.17) is 4.74 Å². The quantitative estimate of drug-likeness (QED) is 0.767. The third kappa shape index (κ3) is 3.06. The zero-order valence-corrected chi connectivity index (χ0v) is 12.4. The second kappa shape index (κ2) is 5.97. The van der Waals surface area contributed by atoms with Crippen molar-refractivity contribution in [3.05, 3.63) is 59.5 Å². The number of rotatable bonds is 4. The van der Waals surface area contributed by atoms with Gasteiger partial charge in [0.05, 0.1) is 6.61 Å². The molecule has 106 valence electrons. The molecule has 0 unspecified atom stereocenters. The fourth-order valence-corrected chi connectivity index (χ4v) is 2.89. The van der Waals surface area contributed by atoms with E-state index in [1.54, 1.807) is 35.6 Å². The number of ether oxygens (including phenoxy) is 1. The van der Waals surface area contributed by atoms with E-state index in [-0.39, 0.29) is 5.91 Å². The average Bonchev–Trinajstić information content (AvgIpc) is 2.96. The summed E-state index contributed by atoms with van der Waals surface area (Å²) in [6.07, 6.45) is 0. The summed E-state index contributed by atoms with van der Waals surface area (Å²) < 4.78 is 6.58. The Morgan fingerprint density at radius 2 is 1.95 bits per heavy atom. The van der Waals surface area contributed by atoms with E-state index in [9.17, 15) is 4.79 Å². The summed E-state index contributed by atoms with van der Waals surface area (Å²) in [6.45, 7) is 2.55. The molecule has 0 aliphatic rings. The summed E-state index contributed by atoms with van der Waals surface area (Å²) in [7, 11) is 0. The first kappa shape index (κ1) is 13.6.